The van der Waals surface area contributed by atoms with Crippen LogP contribution >= 0.6 is 0 Å². The number of hydrogen-bond donors (Lipinski definition) is 1. The van der Waals surface area contributed by atoms with Crippen LogP contribution in [-0.2, 0) is 4.74 Å². The summed E-state index contributed by atoms with van der Waals surface area (Å²) < 4.78 is 5.59. The van der Waals surface area contributed by atoms with Crippen LogP contribution in [0, 0.1) is 5.92 Å². The first-order valence-electron chi connectivity index (χ1n) is 7.68. The maximum Gasteiger partial charge on any atom is 0.410 e. The van der Waals surface area contributed by atoms with Crippen molar-refractivity contribution >= 4 is 6.09 Å². The van der Waals surface area contributed by atoms with Crippen molar-refractivity contribution < 1.29 is 9.53 Å². The fraction of sp³-hybridized carbons (Fsp3) is 0.933. The number of ether oxygens (including phenoxy) is 1. The molecule has 1 amide bonds. The lowest BCUT2D eigenvalue weighted by Crippen LogP contribution is -2.52. The lowest BCUT2D eigenvalue weighted by molar-refractivity contribution is 0.00158. The van der Waals surface area contributed by atoms with E-state index in [0.717, 1.165) is 32.5 Å². The normalized spacial score (nSPS) is 29.1. The minimum Gasteiger partial charge on any atom is -0.444 e. The Kier molecular flexibility index (Phi) is 4.71. The number of fused-ring (bicyclic) bond motifs is 1. The van der Waals surface area contributed by atoms with Gasteiger partial charge in [-0.3, -0.25) is 0 Å². The third kappa shape index (κ3) is 4.10. The van der Waals surface area contributed by atoms with Gasteiger partial charge in [-0.05, 0) is 59.0 Å². The molecular weight excluding hydrogens is 240 g/mol. The Bertz CT molecular complexity index is 312. The van der Waals surface area contributed by atoms with E-state index in [1.807, 2.05) is 25.7 Å². The first-order valence-corrected chi connectivity index (χ1v) is 7.68. The van der Waals surface area contributed by atoms with Crippen molar-refractivity contribution in [2.24, 2.45) is 5.92 Å². The van der Waals surface area contributed by atoms with E-state index in [0.29, 0.717) is 12.0 Å². The van der Waals surface area contributed by atoms with Crippen LogP contribution in [0.5, 0.6) is 0 Å². The second-order valence-corrected chi connectivity index (χ2v) is 6.84. The molecule has 0 bridgehead atoms. The van der Waals surface area contributed by atoms with Crippen LogP contribution in [0.1, 0.15) is 52.9 Å². The second-order valence-electron chi connectivity index (χ2n) is 6.84. The zero-order valence-corrected chi connectivity index (χ0v) is 12.6. The average molecular weight is 268 g/mol. The van der Waals surface area contributed by atoms with Crippen molar-refractivity contribution in [1.82, 2.24) is 10.2 Å². The fourth-order valence-electron chi connectivity index (χ4n) is 3.21. The molecular formula is C15H28N2O2. The van der Waals surface area contributed by atoms with Crippen LogP contribution < -0.4 is 5.32 Å². The summed E-state index contributed by atoms with van der Waals surface area (Å²) in [6.45, 7) is 8.69. The maximum atomic E-state index is 12.4. The van der Waals surface area contributed by atoms with Crippen LogP contribution in [0.15, 0.2) is 0 Å². The molecule has 19 heavy (non-hydrogen) atoms. The minimum absolute atomic E-state index is 0.119. The Morgan fingerprint density at radius 2 is 1.95 bits per heavy atom. The van der Waals surface area contributed by atoms with E-state index in [2.05, 4.69) is 5.32 Å². The highest BCUT2D eigenvalue weighted by Gasteiger charge is 2.35. The van der Waals surface area contributed by atoms with Gasteiger partial charge in [0.25, 0.3) is 0 Å². The molecule has 1 saturated heterocycles. The van der Waals surface area contributed by atoms with Gasteiger partial charge in [-0.25, -0.2) is 4.79 Å². The summed E-state index contributed by atoms with van der Waals surface area (Å²) in [5.41, 5.74) is -0.401. The number of carbonyl (C=O) groups is 1. The quantitative estimate of drug-likeness (QED) is 0.734. The molecule has 0 aromatic carbocycles. The Balaban J connectivity index is 2.07. The molecule has 2 fully saturated rings. The lowest BCUT2D eigenvalue weighted by atomic mass is 9.83. The molecule has 110 valence electrons. The van der Waals surface area contributed by atoms with Gasteiger partial charge in [-0.1, -0.05) is 12.8 Å². The Labute approximate surface area is 116 Å². The maximum absolute atomic E-state index is 12.4. The van der Waals surface area contributed by atoms with Crippen molar-refractivity contribution in [2.75, 3.05) is 19.6 Å². The van der Waals surface area contributed by atoms with Gasteiger partial charge in [-0.15, -0.1) is 0 Å². The summed E-state index contributed by atoms with van der Waals surface area (Å²) in [4.78, 5) is 14.4. The van der Waals surface area contributed by atoms with E-state index in [1.165, 1.54) is 19.3 Å². The van der Waals surface area contributed by atoms with E-state index in [4.69, 9.17) is 4.74 Å². The molecule has 0 aromatic heterocycles. The summed E-state index contributed by atoms with van der Waals surface area (Å²) >= 11 is 0. The van der Waals surface area contributed by atoms with Gasteiger partial charge >= 0.3 is 6.09 Å². The molecule has 1 aliphatic heterocycles. The molecule has 1 saturated carbocycles. The Morgan fingerprint density at radius 1 is 1.21 bits per heavy atom. The highest BCUT2D eigenvalue weighted by atomic mass is 16.6. The van der Waals surface area contributed by atoms with E-state index >= 15 is 0 Å². The van der Waals surface area contributed by atoms with Gasteiger partial charge in [0.05, 0.1) is 0 Å². The van der Waals surface area contributed by atoms with Gasteiger partial charge in [0, 0.05) is 12.6 Å². The summed E-state index contributed by atoms with van der Waals surface area (Å²) in [6, 6.07) is 0.372. The fourth-order valence-corrected chi connectivity index (χ4v) is 3.21. The molecule has 2 aliphatic rings. The van der Waals surface area contributed by atoms with Gasteiger partial charge < -0.3 is 15.0 Å². The van der Waals surface area contributed by atoms with Gasteiger partial charge in [0.2, 0.25) is 0 Å². The second kappa shape index (κ2) is 6.12. The number of rotatable bonds is 0. The van der Waals surface area contributed by atoms with Gasteiger partial charge in [-0.2, -0.15) is 0 Å². The summed E-state index contributed by atoms with van der Waals surface area (Å²) in [5.74, 6) is 0.599. The summed E-state index contributed by atoms with van der Waals surface area (Å²) in [5, 5.41) is 3.52. The molecule has 1 aliphatic carbocycles. The SMILES string of the molecule is CC(C)(C)OC(=O)N1CCCNCC2CCCCC21. The molecule has 0 spiro atoms. The minimum atomic E-state index is -0.401. The van der Waals surface area contributed by atoms with E-state index in [9.17, 15) is 4.79 Å². The van der Waals surface area contributed by atoms with Crippen molar-refractivity contribution in [2.45, 2.75) is 64.5 Å². The molecule has 1 N–H and O–H groups in total. The zero-order chi connectivity index (χ0) is 13.9. The van der Waals surface area contributed by atoms with Crippen LogP contribution in [0.4, 0.5) is 4.79 Å². The van der Waals surface area contributed by atoms with Crippen molar-refractivity contribution in [1.29, 1.82) is 0 Å². The number of hydrogen-bond acceptors (Lipinski definition) is 3. The van der Waals surface area contributed by atoms with Crippen molar-refractivity contribution in [3.8, 4) is 0 Å². The Morgan fingerprint density at radius 3 is 2.68 bits per heavy atom. The molecule has 4 nitrogen and oxygen atoms in total. The van der Waals surface area contributed by atoms with Crippen LogP contribution in [-0.4, -0.2) is 42.3 Å². The topological polar surface area (TPSA) is 41.6 Å². The van der Waals surface area contributed by atoms with Gasteiger partial charge in [0.1, 0.15) is 5.60 Å². The molecule has 2 atom stereocenters. The largest absolute Gasteiger partial charge is 0.444 e. The van der Waals surface area contributed by atoms with Crippen LogP contribution in [0.3, 0.4) is 0 Å². The van der Waals surface area contributed by atoms with Crippen LogP contribution in [0.2, 0.25) is 0 Å². The predicted molar refractivity (Wildman–Crippen MR) is 76.2 cm³/mol. The third-order valence-corrected chi connectivity index (χ3v) is 4.06. The predicted octanol–water partition coefficient (Wildman–Crippen LogP) is 2.78. The molecule has 2 rings (SSSR count). The summed E-state index contributed by atoms with van der Waals surface area (Å²) in [6.07, 6.45) is 5.79. The Hall–Kier alpha value is -0.770. The first-order chi connectivity index (χ1) is 8.97. The van der Waals surface area contributed by atoms with Crippen LogP contribution in [0.25, 0.3) is 0 Å². The summed E-state index contributed by atoms with van der Waals surface area (Å²) in [7, 11) is 0. The van der Waals surface area contributed by atoms with E-state index in [-0.39, 0.29) is 6.09 Å². The average Bonchev–Trinajstić information content (AvgIpc) is 2.27. The van der Waals surface area contributed by atoms with E-state index in [1.54, 1.807) is 0 Å². The monoisotopic (exact) mass is 268 g/mol. The number of carbonyl (C=O) groups excluding carboxylic acids is 1. The van der Waals surface area contributed by atoms with E-state index < -0.39 is 5.60 Å². The molecule has 2 unspecified atom stereocenters. The molecule has 4 heteroatoms. The highest BCUT2D eigenvalue weighted by Crippen LogP contribution is 2.30. The van der Waals surface area contributed by atoms with Gasteiger partial charge in [0.15, 0.2) is 0 Å². The smallest absolute Gasteiger partial charge is 0.410 e. The molecule has 1 heterocycles. The zero-order valence-electron chi connectivity index (χ0n) is 12.6. The van der Waals surface area contributed by atoms with Crippen molar-refractivity contribution in [3.05, 3.63) is 0 Å². The lowest BCUT2D eigenvalue weighted by Gasteiger charge is -2.42. The highest BCUT2D eigenvalue weighted by molar-refractivity contribution is 5.68. The number of nitrogens with zero attached hydrogens (tertiary/aromatic N) is 1. The number of nitrogens with one attached hydrogen (secondary N) is 1. The molecule has 0 aromatic rings. The standard InChI is InChI=1S/C15H28N2O2/c1-15(2,3)19-14(18)17-10-6-9-16-11-12-7-4-5-8-13(12)17/h12-13,16H,4-11H2,1-3H3. The third-order valence-electron chi connectivity index (χ3n) is 4.06. The first kappa shape index (κ1) is 14.6. The molecule has 0 radical (unpaired) electrons. The van der Waals surface area contributed by atoms with Crippen molar-refractivity contribution in [3.63, 3.8) is 0 Å². The number of amides is 1.